The monoisotopic (exact) mass is 294 g/mol. The van der Waals surface area contributed by atoms with Crippen molar-refractivity contribution >= 4 is 15.5 Å². The highest BCUT2D eigenvalue weighted by Gasteiger charge is 2.26. The Morgan fingerprint density at radius 3 is 3.05 bits per heavy atom. The van der Waals surface area contributed by atoms with E-state index < -0.39 is 9.84 Å². The minimum absolute atomic E-state index is 0.000174. The summed E-state index contributed by atoms with van der Waals surface area (Å²) in [5.41, 5.74) is 0.799. The maximum absolute atomic E-state index is 11.7. The summed E-state index contributed by atoms with van der Waals surface area (Å²) >= 11 is 0. The maximum Gasteiger partial charge on any atom is 0.160 e. The number of hydrogen-bond donors (Lipinski definition) is 1. The summed E-state index contributed by atoms with van der Waals surface area (Å²) in [5.74, 6) is 1.34. The van der Waals surface area contributed by atoms with Crippen molar-refractivity contribution in [2.24, 2.45) is 0 Å². The summed E-state index contributed by atoms with van der Waals surface area (Å²) in [4.78, 5) is 0. The van der Waals surface area contributed by atoms with Crippen molar-refractivity contribution in [3.8, 4) is 0 Å². The Hall–Kier alpha value is -1.47. The second kappa shape index (κ2) is 5.14. The highest BCUT2D eigenvalue weighted by molar-refractivity contribution is 7.91. The normalized spacial score (nSPS) is 23.8. The lowest BCUT2D eigenvalue weighted by atomic mass is 10.1. The first-order chi connectivity index (χ1) is 9.55. The summed E-state index contributed by atoms with van der Waals surface area (Å²) in [6, 6.07) is 5.71. The first-order valence-electron chi connectivity index (χ1n) is 6.81. The third-order valence-electron chi connectivity index (χ3n) is 3.68. The van der Waals surface area contributed by atoms with Crippen LogP contribution in [0.1, 0.15) is 31.6 Å². The molecule has 0 spiro atoms. The predicted octanol–water partition coefficient (Wildman–Crippen LogP) is 0.957. The molecule has 0 amide bonds. The fraction of sp³-hybridized carbons (Fsp3) is 0.538. The SMILES string of the molecule is CC(NC1CCCS(=O)(=O)C1)c1nnc2ccccn12. The van der Waals surface area contributed by atoms with Gasteiger partial charge in [-0.3, -0.25) is 4.40 Å². The van der Waals surface area contributed by atoms with E-state index in [-0.39, 0.29) is 17.8 Å². The molecule has 0 aliphatic carbocycles. The van der Waals surface area contributed by atoms with Crippen molar-refractivity contribution in [3.63, 3.8) is 0 Å². The second-order valence-corrected chi connectivity index (χ2v) is 7.56. The average Bonchev–Trinajstić information content (AvgIpc) is 2.81. The quantitative estimate of drug-likeness (QED) is 0.912. The van der Waals surface area contributed by atoms with Crippen LogP contribution in [0.2, 0.25) is 0 Å². The van der Waals surface area contributed by atoms with Crippen molar-refractivity contribution in [1.82, 2.24) is 19.9 Å². The fourth-order valence-corrected chi connectivity index (χ4v) is 4.39. The van der Waals surface area contributed by atoms with E-state index in [0.717, 1.165) is 24.3 Å². The minimum Gasteiger partial charge on any atom is -0.304 e. The molecule has 0 saturated carbocycles. The molecule has 1 saturated heterocycles. The van der Waals surface area contributed by atoms with E-state index >= 15 is 0 Å². The molecule has 3 heterocycles. The Balaban J connectivity index is 1.78. The van der Waals surface area contributed by atoms with Crippen LogP contribution >= 0.6 is 0 Å². The van der Waals surface area contributed by atoms with Gasteiger partial charge in [-0.25, -0.2) is 8.42 Å². The van der Waals surface area contributed by atoms with Crippen molar-refractivity contribution in [2.75, 3.05) is 11.5 Å². The lowest BCUT2D eigenvalue weighted by Crippen LogP contribution is -2.41. The van der Waals surface area contributed by atoms with Gasteiger partial charge in [-0.15, -0.1) is 10.2 Å². The molecule has 7 heteroatoms. The molecule has 2 unspecified atom stereocenters. The molecule has 1 N–H and O–H groups in total. The highest BCUT2D eigenvalue weighted by atomic mass is 32.2. The number of nitrogens with zero attached hydrogens (tertiary/aromatic N) is 3. The smallest absolute Gasteiger partial charge is 0.160 e. The Morgan fingerprint density at radius 1 is 1.40 bits per heavy atom. The predicted molar refractivity (Wildman–Crippen MR) is 76.2 cm³/mol. The van der Waals surface area contributed by atoms with Crippen LogP contribution in [0.3, 0.4) is 0 Å². The molecule has 2 aromatic heterocycles. The van der Waals surface area contributed by atoms with Crippen LogP contribution in [0.15, 0.2) is 24.4 Å². The molecule has 1 aliphatic heterocycles. The van der Waals surface area contributed by atoms with Crippen molar-refractivity contribution in [1.29, 1.82) is 0 Å². The average molecular weight is 294 g/mol. The van der Waals surface area contributed by atoms with Gasteiger partial charge < -0.3 is 5.32 Å². The molecule has 0 radical (unpaired) electrons. The number of pyridine rings is 1. The number of fused-ring (bicyclic) bond motifs is 1. The largest absolute Gasteiger partial charge is 0.304 e. The Kier molecular flexibility index (Phi) is 3.47. The summed E-state index contributed by atoms with van der Waals surface area (Å²) in [6.07, 6.45) is 3.54. The summed E-state index contributed by atoms with van der Waals surface area (Å²) < 4.78 is 25.3. The lowest BCUT2D eigenvalue weighted by Gasteiger charge is -2.25. The van der Waals surface area contributed by atoms with Gasteiger partial charge in [0.05, 0.1) is 17.5 Å². The van der Waals surface area contributed by atoms with Gasteiger partial charge in [-0.2, -0.15) is 0 Å². The van der Waals surface area contributed by atoms with Gasteiger partial charge in [0, 0.05) is 12.2 Å². The molecular formula is C13H18N4O2S. The molecule has 3 rings (SSSR count). The Labute approximate surface area is 118 Å². The number of aromatic nitrogens is 3. The van der Waals surface area contributed by atoms with Crippen LogP contribution < -0.4 is 5.32 Å². The number of rotatable bonds is 3. The zero-order valence-electron chi connectivity index (χ0n) is 11.4. The molecule has 1 fully saturated rings. The van der Waals surface area contributed by atoms with Gasteiger partial charge in [-0.05, 0) is 31.9 Å². The molecule has 6 nitrogen and oxygen atoms in total. The van der Waals surface area contributed by atoms with E-state index in [2.05, 4.69) is 15.5 Å². The van der Waals surface area contributed by atoms with Crippen LogP contribution in [0.25, 0.3) is 5.65 Å². The molecule has 0 aromatic carbocycles. The number of sulfone groups is 1. The van der Waals surface area contributed by atoms with Gasteiger partial charge in [0.25, 0.3) is 0 Å². The van der Waals surface area contributed by atoms with Crippen LogP contribution in [0, 0.1) is 0 Å². The first-order valence-corrected chi connectivity index (χ1v) is 8.63. The van der Waals surface area contributed by atoms with Crippen LogP contribution in [0.5, 0.6) is 0 Å². The fourth-order valence-electron chi connectivity index (χ4n) is 2.74. The highest BCUT2D eigenvalue weighted by Crippen LogP contribution is 2.17. The molecule has 1 aliphatic rings. The molecule has 20 heavy (non-hydrogen) atoms. The van der Waals surface area contributed by atoms with E-state index in [0.29, 0.717) is 5.75 Å². The van der Waals surface area contributed by atoms with Gasteiger partial charge >= 0.3 is 0 Å². The zero-order chi connectivity index (χ0) is 14.2. The van der Waals surface area contributed by atoms with E-state index in [1.807, 2.05) is 35.7 Å². The summed E-state index contributed by atoms with van der Waals surface area (Å²) in [7, 11) is -2.89. The van der Waals surface area contributed by atoms with E-state index in [4.69, 9.17) is 0 Å². The van der Waals surface area contributed by atoms with Crippen molar-refractivity contribution < 1.29 is 8.42 Å². The van der Waals surface area contributed by atoms with Crippen LogP contribution in [-0.4, -0.2) is 40.6 Å². The third-order valence-corrected chi connectivity index (χ3v) is 5.50. The maximum atomic E-state index is 11.7. The van der Waals surface area contributed by atoms with Crippen molar-refractivity contribution in [3.05, 3.63) is 30.2 Å². The molecule has 2 aromatic rings. The molecular weight excluding hydrogens is 276 g/mol. The van der Waals surface area contributed by atoms with E-state index in [1.165, 1.54) is 0 Å². The Bertz CT molecular complexity index is 710. The standard InChI is InChI=1S/C13H18N4O2S/c1-10(14-11-5-4-8-20(18,19)9-11)13-16-15-12-6-2-3-7-17(12)13/h2-3,6-7,10-11,14H,4-5,8-9H2,1H3. The summed E-state index contributed by atoms with van der Waals surface area (Å²) in [5, 5.41) is 11.7. The van der Waals surface area contributed by atoms with E-state index in [9.17, 15) is 8.42 Å². The lowest BCUT2D eigenvalue weighted by molar-refractivity contribution is 0.425. The number of nitrogens with one attached hydrogen (secondary N) is 1. The molecule has 108 valence electrons. The van der Waals surface area contributed by atoms with Gasteiger partial charge in [0.1, 0.15) is 0 Å². The van der Waals surface area contributed by atoms with Crippen LogP contribution in [0.4, 0.5) is 0 Å². The van der Waals surface area contributed by atoms with Crippen LogP contribution in [-0.2, 0) is 9.84 Å². The van der Waals surface area contributed by atoms with Crippen molar-refractivity contribution in [2.45, 2.75) is 31.8 Å². The molecule has 0 bridgehead atoms. The number of hydrogen-bond acceptors (Lipinski definition) is 5. The third kappa shape index (κ3) is 2.69. The zero-order valence-corrected chi connectivity index (χ0v) is 12.2. The van der Waals surface area contributed by atoms with Gasteiger partial charge in [0.15, 0.2) is 21.3 Å². The van der Waals surface area contributed by atoms with E-state index in [1.54, 1.807) is 0 Å². The topological polar surface area (TPSA) is 76.4 Å². The first kappa shape index (κ1) is 13.5. The van der Waals surface area contributed by atoms with Gasteiger partial charge in [-0.1, -0.05) is 6.07 Å². The summed E-state index contributed by atoms with van der Waals surface area (Å²) in [6.45, 7) is 1.99. The second-order valence-electron chi connectivity index (χ2n) is 5.33. The molecule has 2 atom stereocenters. The van der Waals surface area contributed by atoms with Gasteiger partial charge in [0.2, 0.25) is 0 Å². The minimum atomic E-state index is -2.89. The Morgan fingerprint density at radius 2 is 2.25 bits per heavy atom.